The summed E-state index contributed by atoms with van der Waals surface area (Å²) >= 11 is 0. The van der Waals surface area contributed by atoms with Crippen LogP contribution in [0.5, 0.6) is 0 Å². The number of nitrogens with one attached hydrogen (secondary N) is 1. The number of hydrogen-bond donors (Lipinski definition) is 1. The number of methoxy groups -OCH3 is 1. The molecule has 1 aromatic rings. The fourth-order valence-corrected chi connectivity index (χ4v) is 3.51. The van der Waals surface area contributed by atoms with Crippen molar-refractivity contribution in [1.29, 1.82) is 0 Å². The van der Waals surface area contributed by atoms with Gasteiger partial charge in [-0.15, -0.1) is 24.0 Å². The quantitative estimate of drug-likeness (QED) is 0.264. The van der Waals surface area contributed by atoms with Crippen LogP contribution in [0.4, 0.5) is 0 Å². The topological polar surface area (TPSA) is 81.0 Å². The minimum atomic E-state index is -0.108. The van der Waals surface area contributed by atoms with Crippen LogP contribution in [0.2, 0.25) is 0 Å². The molecule has 0 radical (unpaired) electrons. The number of rotatable bonds is 7. The molecule has 2 rings (SSSR count). The summed E-state index contributed by atoms with van der Waals surface area (Å²) in [6, 6.07) is 0. The van der Waals surface area contributed by atoms with Gasteiger partial charge in [-0.1, -0.05) is 0 Å². The summed E-state index contributed by atoms with van der Waals surface area (Å²) in [5, 5.41) is 8.04. The zero-order chi connectivity index (χ0) is 19.8. The average Bonchev–Trinajstić information content (AvgIpc) is 2.94. The zero-order valence-electron chi connectivity index (χ0n) is 17.7. The average molecular weight is 507 g/mol. The number of likely N-dealkylation sites (tertiary alicyclic amines) is 1. The first-order valence-corrected chi connectivity index (χ1v) is 9.65. The standard InChI is InChI=1S/C19H33N5O3.HI/c1-6-27-18(25)16-8-7-9-23(13-16)19(20-4)21-12-17-14(2)22-24(15(17)3)10-11-26-5;/h16H,6-13H2,1-5H3,(H,20,21);1H. The highest BCUT2D eigenvalue weighted by molar-refractivity contribution is 14.0. The zero-order valence-corrected chi connectivity index (χ0v) is 20.0. The molecule has 8 nitrogen and oxygen atoms in total. The Morgan fingerprint density at radius 1 is 1.39 bits per heavy atom. The maximum Gasteiger partial charge on any atom is 0.310 e. The van der Waals surface area contributed by atoms with E-state index in [1.54, 1.807) is 14.2 Å². The predicted molar refractivity (Wildman–Crippen MR) is 120 cm³/mol. The van der Waals surface area contributed by atoms with Crippen molar-refractivity contribution in [2.75, 3.05) is 40.5 Å². The molecule has 160 valence electrons. The summed E-state index contributed by atoms with van der Waals surface area (Å²) < 4.78 is 12.3. The number of hydrogen-bond acceptors (Lipinski definition) is 5. The second kappa shape index (κ2) is 12.3. The first-order valence-electron chi connectivity index (χ1n) is 9.65. The molecular weight excluding hydrogens is 473 g/mol. The van der Waals surface area contributed by atoms with Gasteiger partial charge >= 0.3 is 5.97 Å². The first-order chi connectivity index (χ1) is 13.0. The Hall–Kier alpha value is -1.36. The van der Waals surface area contributed by atoms with Crippen molar-refractivity contribution in [2.24, 2.45) is 10.9 Å². The lowest BCUT2D eigenvalue weighted by atomic mass is 9.98. The Bertz CT molecular complexity index is 662. The lowest BCUT2D eigenvalue weighted by Gasteiger charge is -2.34. The fourth-order valence-electron chi connectivity index (χ4n) is 3.51. The molecule has 1 atom stereocenters. The van der Waals surface area contributed by atoms with Crippen molar-refractivity contribution in [2.45, 2.75) is 46.7 Å². The van der Waals surface area contributed by atoms with Crippen LogP contribution in [-0.2, 0) is 27.4 Å². The number of ether oxygens (including phenoxy) is 2. The van der Waals surface area contributed by atoms with Crippen LogP contribution >= 0.6 is 24.0 Å². The van der Waals surface area contributed by atoms with Crippen LogP contribution in [0.25, 0.3) is 0 Å². The van der Waals surface area contributed by atoms with E-state index in [-0.39, 0.29) is 35.9 Å². The molecular formula is C19H34IN5O3. The monoisotopic (exact) mass is 507 g/mol. The highest BCUT2D eigenvalue weighted by Crippen LogP contribution is 2.19. The molecule has 2 heterocycles. The molecule has 1 unspecified atom stereocenters. The molecule has 1 N–H and O–H groups in total. The summed E-state index contributed by atoms with van der Waals surface area (Å²) in [6.45, 7) is 9.93. The first kappa shape index (κ1) is 24.7. The molecule has 1 aromatic heterocycles. The fraction of sp³-hybridized carbons (Fsp3) is 0.737. The lowest BCUT2D eigenvalue weighted by molar-refractivity contribution is -0.149. The summed E-state index contributed by atoms with van der Waals surface area (Å²) in [5.41, 5.74) is 3.32. The summed E-state index contributed by atoms with van der Waals surface area (Å²) in [6.07, 6.45) is 1.83. The van der Waals surface area contributed by atoms with Gasteiger partial charge in [-0.25, -0.2) is 0 Å². The van der Waals surface area contributed by atoms with E-state index in [4.69, 9.17) is 9.47 Å². The van der Waals surface area contributed by atoms with E-state index < -0.39 is 0 Å². The normalized spacial score (nSPS) is 17.2. The highest BCUT2D eigenvalue weighted by Gasteiger charge is 2.28. The Morgan fingerprint density at radius 3 is 2.79 bits per heavy atom. The largest absolute Gasteiger partial charge is 0.466 e. The van der Waals surface area contributed by atoms with Crippen molar-refractivity contribution in [3.8, 4) is 0 Å². The number of esters is 1. The van der Waals surface area contributed by atoms with Crippen LogP contribution in [0.1, 0.15) is 36.7 Å². The van der Waals surface area contributed by atoms with Crippen molar-refractivity contribution < 1.29 is 14.3 Å². The van der Waals surface area contributed by atoms with Crippen molar-refractivity contribution >= 4 is 35.9 Å². The van der Waals surface area contributed by atoms with Gasteiger partial charge in [0.15, 0.2) is 5.96 Å². The number of halogens is 1. The number of guanidine groups is 1. The second-order valence-electron chi connectivity index (χ2n) is 6.80. The number of aromatic nitrogens is 2. The van der Waals surface area contributed by atoms with E-state index in [0.717, 1.165) is 43.3 Å². The van der Waals surface area contributed by atoms with Gasteiger partial charge in [-0.2, -0.15) is 5.10 Å². The molecule has 0 aliphatic carbocycles. The van der Waals surface area contributed by atoms with Gasteiger partial charge in [0.25, 0.3) is 0 Å². The molecule has 9 heteroatoms. The third kappa shape index (κ3) is 6.33. The minimum absolute atomic E-state index is 0. The van der Waals surface area contributed by atoms with E-state index >= 15 is 0 Å². The molecule has 1 aliphatic rings. The molecule has 1 saturated heterocycles. The van der Waals surface area contributed by atoms with Crippen molar-refractivity contribution in [1.82, 2.24) is 20.0 Å². The number of carbonyl (C=O) groups is 1. The Balaban J connectivity index is 0.00000392. The van der Waals surface area contributed by atoms with E-state index in [0.29, 0.717) is 26.3 Å². The maximum absolute atomic E-state index is 12.1. The second-order valence-corrected chi connectivity index (χ2v) is 6.80. The highest BCUT2D eigenvalue weighted by atomic mass is 127. The third-order valence-electron chi connectivity index (χ3n) is 5.01. The van der Waals surface area contributed by atoms with Crippen LogP contribution < -0.4 is 5.32 Å². The van der Waals surface area contributed by atoms with E-state index in [1.807, 2.05) is 18.5 Å². The number of piperidine rings is 1. The molecule has 0 amide bonds. The van der Waals surface area contributed by atoms with Crippen molar-refractivity contribution in [3.05, 3.63) is 17.0 Å². The van der Waals surface area contributed by atoms with Crippen LogP contribution in [0, 0.1) is 19.8 Å². The number of aliphatic imine (C=N–C) groups is 1. The molecule has 1 aliphatic heterocycles. The van der Waals surface area contributed by atoms with Crippen LogP contribution in [0.3, 0.4) is 0 Å². The molecule has 28 heavy (non-hydrogen) atoms. The van der Waals surface area contributed by atoms with Crippen molar-refractivity contribution in [3.63, 3.8) is 0 Å². The summed E-state index contributed by atoms with van der Waals surface area (Å²) in [4.78, 5) is 18.6. The third-order valence-corrected chi connectivity index (χ3v) is 5.01. The molecule has 0 saturated carbocycles. The SMILES string of the molecule is CCOC(=O)C1CCCN(C(=NC)NCc2c(C)nn(CCOC)c2C)C1.I. The van der Waals surface area contributed by atoms with Gasteiger partial charge in [-0.3, -0.25) is 14.5 Å². The van der Waals surface area contributed by atoms with Gasteiger partial charge < -0.3 is 19.7 Å². The van der Waals surface area contributed by atoms with E-state index in [1.165, 1.54) is 5.56 Å². The van der Waals surface area contributed by atoms with Gasteiger partial charge in [0.05, 0.1) is 31.4 Å². The Morgan fingerprint density at radius 2 is 2.14 bits per heavy atom. The summed E-state index contributed by atoms with van der Waals surface area (Å²) in [7, 11) is 3.47. The molecule has 1 fully saturated rings. The number of nitrogens with zero attached hydrogens (tertiary/aromatic N) is 4. The summed E-state index contributed by atoms with van der Waals surface area (Å²) in [5.74, 6) is 0.619. The predicted octanol–water partition coefficient (Wildman–Crippen LogP) is 2.11. The Labute approximate surface area is 185 Å². The molecule has 0 spiro atoms. The van der Waals surface area contributed by atoms with Crippen LogP contribution in [0.15, 0.2) is 4.99 Å². The molecule has 0 bridgehead atoms. The van der Waals surface area contributed by atoms with Gasteiger partial charge in [0.2, 0.25) is 0 Å². The van der Waals surface area contributed by atoms with Gasteiger partial charge in [-0.05, 0) is 33.6 Å². The van der Waals surface area contributed by atoms with Gasteiger partial charge in [0, 0.05) is 45.0 Å². The smallest absolute Gasteiger partial charge is 0.310 e. The number of aryl methyl sites for hydroxylation is 1. The number of carbonyl (C=O) groups excluding carboxylic acids is 1. The Kier molecular flexibility index (Phi) is 10.8. The maximum atomic E-state index is 12.1. The van der Waals surface area contributed by atoms with Gasteiger partial charge in [0.1, 0.15) is 0 Å². The van der Waals surface area contributed by atoms with E-state index in [9.17, 15) is 4.79 Å². The van der Waals surface area contributed by atoms with E-state index in [2.05, 4.69) is 27.2 Å². The lowest BCUT2D eigenvalue weighted by Crippen LogP contribution is -2.48. The minimum Gasteiger partial charge on any atom is -0.466 e. The molecule has 0 aromatic carbocycles. The van der Waals surface area contributed by atoms with Crippen LogP contribution in [-0.4, -0.2) is 67.1 Å².